The Morgan fingerprint density at radius 3 is 2.45 bits per heavy atom. The first kappa shape index (κ1) is 8.34. The van der Waals surface area contributed by atoms with E-state index in [9.17, 15) is 0 Å². The molecular formula is C9H12NS. The lowest BCUT2D eigenvalue weighted by Crippen LogP contribution is -1.98. The Kier molecular flexibility index (Phi) is 3.17. The third kappa shape index (κ3) is 2.76. The highest BCUT2D eigenvalue weighted by molar-refractivity contribution is 7.80. The Morgan fingerprint density at radius 2 is 1.91 bits per heavy atom. The van der Waals surface area contributed by atoms with Gasteiger partial charge in [0.1, 0.15) is 0 Å². The molecule has 59 valence electrons. The van der Waals surface area contributed by atoms with Gasteiger partial charge in [-0.1, -0.05) is 19.6 Å². The molecule has 0 aliphatic rings. The Labute approximate surface area is 73.2 Å². The minimum Gasteiger partial charge on any atom is -0.385 e. The van der Waals surface area contributed by atoms with E-state index >= 15 is 0 Å². The van der Waals surface area contributed by atoms with Gasteiger partial charge in [-0.05, 0) is 30.7 Å². The maximum Gasteiger partial charge on any atom is 0.0378 e. The summed E-state index contributed by atoms with van der Waals surface area (Å²) in [6, 6.07) is 7.90. The monoisotopic (exact) mass is 166 g/mol. The van der Waals surface area contributed by atoms with Crippen molar-refractivity contribution >= 4 is 18.3 Å². The molecule has 0 aromatic heterocycles. The highest BCUT2D eigenvalue weighted by atomic mass is 32.1. The summed E-state index contributed by atoms with van der Waals surface area (Å²) in [4.78, 5) is 0.895. The average Bonchev–Trinajstić information content (AvgIpc) is 2.04. The first-order valence-electron chi connectivity index (χ1n) is 3.84. The van der Waals surface area contributed by atoms with E-state index in [1.165, 1.54) is 0 Å². The molecule has 0 saturated carbocycles. The van der Waals surface area contributed by atoms with E-state index in [1.54, 1.807) is 0 Å². The van der Waals surface area contributed by atoms with Crippen molar-refractivity contribution < 1.29 is 0 Å². The molecule has 0 spiro atoms. The molecule has 1 aromatic carbocycles. The Balaban J connectivity index is 2.52. The lowest BCUT2D eigenvalue weighted by Gasteiger charge is -2.02. The van der Waals surface area contributed by atoms with Crippen LogP contribution in [0.1, 0.15) is 13.3 Å². The molecule has 0 saturated heterocycles. The van der Waals surface area contributed by atoms with Crippen LogP contribution in [0.5, 0.6) is 0 Å². The summed E-state index contributed by atoms with van der Waals surface area (Å²) < 4.78 is 0. The standard InChI is InChI=1S/C9H12NS/c1-2-7-10-8-3-5-9(11)6-4-8/h3-6,10H,2,7H2,1H3. The van der Waals surface area contributed by atoms with Gasteiger partial charge in [-0.3, -0.25) is 0 Å². The predicted molar refractivity (Wildman–Crippen MR) is 51.1 cm³/mol. The normalized spacial score (nSPS) is 9.55. The summed E-state index contributed by atoms with van der Waals surface area (Å²) in [5.41, 5.74) is 1.15. The molecule has 0 bridgehead atoms. The smallest absolute Gasteiger partial charge is 0.0378 e. The molecule has 0 atom stereocenters. The van der Waals surface area contributed by atoms with Crippen LogP contribution in [0.15, 0.2) is 29.2 Å². The molecule has 1 rings (SSSR count). The number of benzene rings is 1. The van der Waals surface area contributed by atoms with Crippen LogP contribution < -0.4 is 5.32 Å². The second-order valence-corrected chi connectivity index (χ2v) is 2.92. The van der Waals surface area contributed by atoms with Gasteiger partial charge < -0.3 is 5.32 Å². The van der Waals surface area contributed by atoms with Crippen molar-refractivity contribution in [3.8, 4) is 0 Å². The molecule has 0 amide bonds. The van der Waals surface area contributed by atoms with E-state index in [0.717, 1.165) is 23.5 Å². The van der Waals surface area contributed by atoms with Crippen LogP contribution in [-0.4, -0.2) is 6.54 Å². The molecule has 1 radical (unpaired) electrons. The van der Waals surface area contributed by atoms with Crippen molar-refractivity contribution in [2.45, 2.75) is 18.2 Å². The van der Waals surface area contributed by atoms with Crippen molar-refractivity contribution in [3.05, 3.63) is 24.3 Å². The Bertz CT molecular complexity index is 205. The van der Waals surface area contributed by atoms with Gasteiger partial charge in [0.15, 0.2) is 0 Å². The van der Waals surface area contributed by atoms with Gasteiger partial charge >= 0.3 is 0 Å². The number of hydrogen-bond acceptors (Lipinski definition) is 1. The predicted octanol–water partition coefficient (Wildman–Crippen LogP) is 3.06. The highest BCUT2D eigenvalue weighted by Gasteiger charge is 1.88. The van der Waals surface area contributed by atoms with Crippen LogP contribution in [0.25, 0.3) is 0 Å². The second-order valence-electron chi connectivity index (χ2n) is 2.45. The van der Waals surface area contributed by atoms with Crippen molar-refractivity contribution in [1.82, 2.24) is 0 Å². The molecule has 0 fully saturated rings. The van der Waals surface area contributed by atoms with Crippen LogP contribution in [0.4, 0.5) is 5.69 Å². The zero-order valence-corrected chi connectivity index (χ0v) is 7.45. The molecule has 2 heteroatoms. The Hall–Kier alpha value is -0.760. The summed E-state index contributed by atoms with van der Waals surface area (Å²) in [5.74, 6) is 0. The first-order chi connectivity index (χ1) is 5.33. The summed E-state index contributed by atoms with van der Waals surface area (Å²) in [5, 5.41) is 3.28. The van der Waals surface area contributed by atoms with E-state index in [4.69, 9.17) is 12.6 Å². The zero-order chi connectivity index (χ0) is 8.10. The van der Waals surface area contributed by atoms with Gasteiger partial charge in [0, 0.05) is 17.1 Å². The molecule has 0 unspecified atom stereocenters. The van der Waals surface area contributed by atoms with E-state index in [0.29, 0.717) is 0 Å². The van der Waals surface area contributed by atoms with Crippen LogP contribution in [-0.2, 0) is 0 Å². The highest BCUT2D eigenvalue weighted by Crippen LogP contribution is 2.11. The third-order valence-corrected chi connectivity index (χ3v) is 1.71. The summed E-state index contributed by atoms with van der Waals surface area (Å²) in [6.07, 6.45) is 1.15. The average molecular weight is 166 g/mol. The number of nitrogens with one attached hydrogen (secondary N) is 1. The lowest BCUT2D eigenvalue weighted by atomic mass is 10.3. The van der Waals surface area contributed by atoms with E-state index in [1.807, 2.05) is 24.3 Å². The zero-order valence-electron chi connectivity index (χ0n) is 6.63. The maximum absolute atomic E-state index is 4.96. The van der Waals surface area contributed by atoms with Crippen LogP contribution in [0, 0.1) is 0 Å². The molecule has 0 aliphatic carbocycles. The van der Waals surface area contributed by atoms with E-state index < -0.39 is 0 Å². The van der Waals surface area contributed by atoms with Gasteiger partial charge in [-0.2, -0.15) is 0 Å². The molecule has 11 heavy (non-hydrogen) atoms. The topological polar surface area (TPSA) is 12.0 Å². The summed E-state index contributed by atoms with van der Waals surface area (Å²) >= 11 is 4.96. The molecule has 0 heterocycles. The lowest BCUT2D eigenvalue weighted by molar-refractivity contribution is 0.979. The Morgan fingerprint density at radius 1 is 1.27 bits per heavy atom. The van der Waals surface area contributed by atoms with Crippen LogP contribution in [0.2, 0.25) is 0 Å². The van der Waals surface area contributed by atoms with Crippen molar-refractivity contribution in [2.75, 3.05) is 11.9 Å². The van der Waals surface area contributed by atoms with Crippen LogP contribution in [0.3, 0.4) is 0 Å². The van der Waals surface area contributed by atoms with Crippen molar-refractivity contribution in [2.24, 2.45) is 0 Å². The molecule has 1 nitrogen and oxygen atoms in total. The third-order valence-electron chi connectivity index (χ3n) is 1.43. The number of rotatable bonds is 3. The van der Waals surface area contributed by atoms with Gasteiger partial charge in [-0.15, -0.1) is 0 Å². The van der Waals surface area contributed by atoms with Gasteiger partial charge in [0.05, 0.1) is 0 Å². The van der Waals surface area contributed by atoms with Gasteiger partial charge in [0.25, 0.3) is 0 Å². The number of hydrogen-bond donors (Lipinski definition) is 1. The van der Waals surface area contributed by atoms with Gasteiger partial charge in [0.2, 0.25) is 0 Å². The van der Waals surface area contributed by atoms with Crippen molar-refractivity contribution in [1.29, 1.82) is 0 Å². The fourth-order valence-corrected chi connectivity index (χ4v) is 0.978. The fraction of sp³-hybridized carbons (Fsp3) is 0.333. The fourth-order valence-electron chi connectivity index (χ4n) is 0.842. The second kappa shape index (κ2) is 4.19. The minimum atomic E-state index is 0.895. The molecule has 1 N–H and O–H groups in total. The van der Waals surface area contributed by atoms with Crippen LogP contribution >= 0.6 is 12.6 Å². The maximum atomic E-state index is 4.96. The minimum absolute atomic E-state index is 0.895. The molecule has 0 aliphatic heterocycles. The molecular weight excluding hydrogens is 154 g/mol. The van der Waals surface area contributed by atoms with E-state index in [2.05, 4.69) is 12.2 Å². The molecule has 1 aromatic rings. The quantitative estimate of drug-likeness (QED) is 0.727. The largest absolute Gasteiger partial charge is 0.385 e. The van der Waals surface area contributed by atoms with Gasteiger partial charge in [-0.25, -0.2) is 0 Å². The summed E-state index contributed by atoms with van der Waals surface area (Å²) in [6.45, 7) is 3.17. The summed E-state index contributed by atoms with van der Waals surface area (Å²) in [7, 11) is 0. The van der Waals surface area contributed by atoms with Crippen molar-refractivity contribution in [3.63, 3.8) is 0 Å². The van der Waals surface area contributed by atoms with E-state index in [-0.39, 0.29) is 0 Å². The first-order valence-corrected chi connectivity index (χ1v) is 4.24. The SMILES string of the molecule is CCCNc1ccc([S])cc1. The number of anilines is 1.